The van der Waals surface area contributed by atoms with Crippen molar-refractivity contribution in [1.82, 2.24) is 14.9 Å². The summed E-state index contributed by atoms with van der Waals surface area (Å²) in [6, 6.07) is 4.29. The Hall–Kier alpha value is -2.03. The first-order valence-electron chi connectivity index (χ1n) is 8.60. The van der Waals surface area contributed by atoms with Gasteiger partial charge in [-0.15, -0.1) is 11.3 Å². The maximum Gasteiger partial charge on any atom is 0.223 e. The predicted octanol–water partition coefficient (Wildman–Crippen LogP) is 2.34. The second-order valence-electron chi connectivity index (χ2n) is 6.46. The lowest BCUT2D eigenvalue weighted by molar-refractivity contribution is -0.114. The van der Waals surface area contributed by atoms with Gasteiger partial charge in [0.1, 0.15) is 0 Å². The van der Waals surface area contributed by atoms with Gasteiger partial charge in [0.25, 0.3) is 0 Å². The molecule has 0 aliphatic carbocycles. The van der Waals surface area contributed by atoms with Gasteiger partial charge in [0.15, 0.2) is 5.13 Å². The molecular formula is C18H24N4O3S. The monoisotopic (exact) mass is 376 g/mol. The number of hydrogen-bond donors (Lipinski definition) is 1. The number of ether oxygens (including phenoxy) is 2. The molecule has 3 rings (SSSR count). The van der Waals surface area contributed by atoms with Gasteiger partial charge in [-0.1, -0.05) is 0 Å². The molecule has 0 unspecified atom stereocenters. The second kappa shape index (κ2) is 8.57. The van der Waals surface area contributed by atoms with Gasteiger partial charge in [-0.05, 0) is 18.6 Å². The molecule has 3 heterocycles. The standard InChI is InChI=1S/C18H24N4O3S/c1-12-11-25-15(6-14-4-5-19-17(7-14)24-3)9-22(12)10-16-8-20-18(26-16)21-13(2)23/h4-5,7-8,12,15H,6,9-11H2,1-3H3,(H,20,21,23)/t12-,15+/m0/s1. The molecule has 2 aromatic rings. The van der Waals surface area contributed by atoms with Crippen LogP contribution in [-0.4, -0.2) is 53.2 Å². The second-order valence-corrected chi connectivity index (χ2v) is 7.57. The lowest BCUT2D eigenvalue weighted by Crippen LogP contribution is -2.48. The van der Waals surface area contributed by atoms with E-state index in [0.29, 0.717) is 23.7 Å². The van der Waals surface area contributed by atoms with Crippen LogP contribution in [0.25, 0.3) is 0 Å². The zero-order chi connectivity index (χ0) is 18.5. The minimum atomic E-state index is -0.0986. The van der Waals surface area contributed by atoms with Gasteiger partial charge in [-0.3, -0.25) is 9.69 Å². The van der Waals surface area contributed by atoms with E-state index in [1.54, 1.807) is 13.3 Å². The van der Waals surface area contributed by atoms with Crippen LogP contribution in [0.1, 0.15) is 24.3 Å². The smallest absolute Gasteiger partial charge is 0.223 e. The topological polar surface area (TPSA) is 76.6 Å². The maximum atomic E-state index is 11.1. The van der Waals surface area contributed by atoms with Crippen LogP contribution in [0, 0.1) is 0 Å². The van der Waals surface area contributed by atoms with E-state index in [2.05, 4.69) is 27.1 Å². The van der Waals surface area contributed by atoms with E-state index in [-0.39, 0.29) is 12.0 Å². The quantitative estimate of drug-likeness (QED) is 0.834. The molecule has 1 saturated heterocycles. The molecule has 8 heteroatoms. The number of carbonyl (C=O) groups excluding carboxylic acids is 1. The van der Waals surface area contributed by atoms with Crippen molar-refractivity contribution in [3.05, 3.63) is 35.0 Å². The number of nitrogens with one attached hydrogen (secondary N) is 1. The summed E-state index contributed by atoms with van der Waals surface area (Å²) in [6.07, 6.45) is 4.54. The number of anilines is 1. The summed E-state index contributed by atoms with van der Waals surface area (Å²) >= 11 is 1.52. The van der Waals surface area contributed by atoms with Crippen LogP contribution in [0.15, 0.2) is 24.5 Å². The van der Waals surface area contributed by atoms with Crippen molar-refractivity contribution in [3.8, 4) is 5.88 Å². The Morgan fingerprint density at radius 3 is 3.12 bits per heavy atom. The molecular weight excluding hydrogens is 352 g/mol. The summed E-state index contributed by atoms with van der Waals surface area (Å²) in [6.45, 7) is 6.01. The van der Waals surface area contributed by atoms with Crippen molar-refractivity contribution in [3.63, 3.8) is 0 Å². The third kappa shape index (κ3) is 5.00. The molecule has 0 aromatic carbocycles. The van der Waals surface area contributed by atoms with Crippen LogP contribution in [0.3, 0.4) is 0 Å². The first-order chi connectivity index (χ1) is 12.5. The van der Waals surface area contributed by atoms with Crippen molar-refractivity contribution < 1.29 is 14.3 Å². The number of pyridine rings is 1. The number of carbonyl (C=O) groups is 1. The fraction of sp³-hybridized carbons (Fsp3) is 0.500. The van der Waals surface area contributed by atoms with Gasteiger partial charge in [0, 0.05) is 55.8 Å². The Kier molecular flexibility index (Phi) is 6.18. The van der Waals surface area contributed by atoms with Gasteiger partial charge in [-0.25, -0.2) is 9.97 Å². The zero-order valence-electron chi connectivity index (χ0n) is 15.3. The van der Waals surface area contributed by atoms with Crippen molar-refractivity contribution in [2.75, 3.05) is 25.6 Å². The molecule has 2 atom stereocenters. The van der Waals surface area contributed by atoms with Crippen LogP contribution in [0.4, 0.5) is 5.13 Å². The summed E-state index contributed by atoms with van der Waals surface area (Å²) in [5.41, 5.74) is 1.15. The summed E-state index contributed by atoms with van der Waals surface area (Å²) in [4.78, 5) is 23.1. The van der Waals surface area contributed by atoms with E-state index in [0.717, 1.165) is 30.0 Å². The normalized spacial score (nSPS) is 20.7. The third-order valence-electron chi connectivity index (χ3n) is 4.30. The fourth-order valence-corrected chi connectivity index (χ4v) is 3.84. The van der Waals surface area contributed by atoms with E-state index in [4.69, 9.17) is 9.47 Å². The Balaban J connectivity index is 1.60. The number of rotatable bonds is 6. The zero-order valence-corrected chi connectivity index (χ0v) is 16.1. The molecule has 0 spiro atoms. The summed E-state index contributed by atoms with van der Waals surface area (Å²) in [5, 5.41) is 3.38. The van der Waals surface area contributed by atoms with Gasteiger partial charge >= 0.3 is 0 Å². The molecule has 1 amide bonds. The Labute approximate surface area is 157 Å². The first kappa shape index (κ1) is 18.8. The van der Waals surface area contributed by atoms with E-state index in [1.807, 2.05) is 18.3 Å². The van der Waals surface area contributed by atoms with Crippen molar-refractivity contribution in [1.29, 1.82) is 0 Å². The highest BCUT2D eigenvalue weighted by Crippen LogP contribution is 2.23. The van der Waals surface area contributed by atoms with E-state index in [9.17, 15) is 4.79 Å². The molecule has 1 N–H and O–H groups in total. The lowest BCUT2D eigenvalue weighted by Gasteiger charge is -2.37. The maximum absolute atomic E-state index is 11.1. The van der Waals surface area contributed by atoms with Crippen molar-refractivity contribution in [2.45, 2.75) is 39.0 Å². The van der Waals surface area contributed by atoms with Gasteiger partial charge < -0.3 is 14.8 Å². The fourth-order valence-electron chi connectivity index (χ4n) is 2.96. The Morgan fingerprint density at radius 2 is 2.35 bits per heavy atom. The predicted molar refractivity (Wildman–Crippen MR) is 101 cm³/mol. The number of nitrogens with zero attached hydrogens (tertiary/aromatic N) is 3. The van der Waals surface area contributed by atoms with E-state index >= 15 is 0 Å². The molecule has 0 radical (unpaired) electrons. The summed E-state index contributed by atoms with van der Waals surface area (Å²) in [5.74, 6) is 0.525. The molecule has 7 nitrogen and oxygen atoms in total. The van der Waals surface area contributed by atoms with Gasteiger partial charge in [0.05, 0.1) is 19.8 Å². The Bertz CT molecular complexity index is 752. The van der Waals surface area contributed by atoms with Crippen LogP contribution < -0.4 is 10.1 Å². The van der Waals surface area contributed by atoms with Gasteiger partial charge in [-0.2, -0.15) is 0 Å². The van der Waals surface area contributed by atoms with Crippen molar-refractivity contribution >= 4 is 22.4 Å². The average molecular weight is 376 g/mol. The molecule has 1 aliphatic heterocycles. The number of thiazole rings is 1. The number of aromatic nitrogens is 2. The molecule has 2 aromatic heterocycles. The average Bonchev–Trinajstić information content (AvgIpc) is 3.04. The molecule has 26 heavy (non-hydrogen) atoms. The molecule has 1 aliphatic rings. The number of morpholine rings is 1. The highest BCUT2D eigenvalue weighted by Gasteiger charge is 2.27. The van der Waals surface area contributed by atoms with Crippen LogP contribution in [-0.2, 0) is 22.5 Å². The third-order valence-corrected chi connectivity index (χ3v) is 5.20. The van der Waals surface area contributed by atoms with Gasteiger partial charge in [0.2, 0.25) is 11.8 Å². The molecule has 1 fully saturated rings. The lowest BCUT2D eigenvalue weighted by atomic mass is 10.1. The minimum Gasteiger partial charge on any atom is -0.481 e. The number of hydrogen-bond acceptors (Lipinski definition) is 7. The number of methoxy groups -OCH3 is 1. The SMILES string of the molecule is COc1cc(C[C@@H]2CN(Cc3cnc(NC(C)=O)s3)[C@@H](C)CO2)ccn1. The molecule has 140 valence electrons. The summed E-state index contributed by atoms with van der Waals surface area (Å²) in [7, 11) is 1.62. The number of amides is 1. The van der Waals surface area contributed by atoms with E-state index in [1.165, 1.54) is 18.3 Å². The first-order valence-corrected chi connectivity index (χ1v) is 9.42. The summed E-state index contributed by atoms with van der Waals surface area (Å²) < 4.78 is 11.2. The highest BCUT2D eigenvalue weighted by atomic mass is 32.1. The highest BCUT2D eigenvalue weighted by molar-refractivity contribution is 7.15. The van der Waals surface area contributed by atoms with Crippen LogP contribution in [0.2, 0.25) is 0 Å². The van der Waals surface area contributed by atoms with Crippen molar-refractivity contribution in [2.24, 2.45) is 0 Å². The van der Waals surface area contributed by atoms with Crippen LogP contribution >= 0.6 is 11.3 Å². The van der Waals surface area contributed by atoms with Crippen LogP contribution in [0.5, 0.6) is 5.88 Å². The largest absolute Gasteiger partial charge is 0.481 e. The minimum absolute atomic E-state index is 0.0986. The van der Waals surface area contributed by atoms with E-state index < -0.39 is 0 Å². The molecule has 0 saturated carbocycles. The Morgan fingerprint density at radius 1 is 1.50 bits per heavy atom. The molecule has 0 bridgehead atoms.